The molecule has 3 N–H and O–H groups in total. The number of nitrogen functional groups attached to an aromatic ring is 1. The molecule has 0 saturated carbocycles. The van der Waals surface area contributed by atoms with E-state index in [9.17, 15) is 4.79 Å². The van der Waals surface area contributed by atoms with Gasteiger partial charge in [-0.2, -0.15) is 9.78 Å². The van der Waals surface area contributed by atoms with Gasteiger partial charge in [-0.25, -0.2) is 10.1 Å². The van der Waals surface area contributed by atoms with Gasteiger partial charge in [0.05, 0.1) is 12.3 Å². The van der Waals surface area contributed by atoms with Crippen LogP contribution in [0.5, 0.6) is 5.75 Å². The summed E-state index contributed by atoms with van der Waals surface area (Å²) >= 11 is 0. The molecule has 0 aliphatic carbocycles. The highest BCUT2D eigenvalue weighted by Crippen LogP contribution is 2.29. The van der Waals surface area contributed by atoms with E-state index in [2.05, 4.69) is 31.2 Å². The summed E-state index contributed by atoms with van der Waals surface area (Å²) in [5.41, 5.74) is 10.9. The maximum Gasteiger partial charge on any atom is 0.294 e. The van der Waals surface area contributed by atoms with E-state index in [0.29, 0.717) is 29.3 Å². The van der Waals surface area contributed by atoms with E-state index in [4.69, 9.17) is 15.1 Å². The van der Waals surface area contributed by atoms with Crippen LogP contribution >= 0.6 is 0 Å². The summed E-state index contributed by atoms with van der Waals surface area (Å²) < 4.78 is 11.6. The molecule has 0 atom stereocenters. The van der Waals surface area contributed by atoms with Crippen molar-refractivity contribution in [2.24, 2.45) is 5.10 Å². The molecule has 0 spiro atoms. The van der Waals surface area contributed by atoms with Gasteiger partial charge < -0.3 is 10.5 Å². The van der Waals surface area contributed by atoms with E-state index >= 15 is 0 Å². The van der Waals surface area contributed by atoms with Crippen LogP contribution in [-0.2, 0) is 0 Å². The quantitative estimate of drug-likeness (QED) is 0.264. The first-order chi connectivity index (χ1) is 17.5. The molecule has 0 fully saturated rings. The lowest BCUT2D eigenvalue weighted by Crippen LogP contribution is -2.21. The Balaban J connectivity index is 1.50. The van der Waals surface area contributed by atoms with Crippen LogP contribution in [0.2, 0.25) is 0 Å². The number of ether oxygens (including phenoxy) is 1. The molecule has 2 heterocycles. The first-order valence-electron chi connectivity index (χ1n) is 11.2. The molecule has 0 aliphatic heterocycles. The predicted molar refractivity (Wildman–Crippen MR) is 134 cm³/mol. The zero-order chi connectivity index (χ0) is 25.1. The summed E-state index contributed by atoms with van der Waals surface area (Å²) in [5, 5.41) is 22.1. The summed E-state index contributed by atoms with van der Waals surface area (Å²) in [5.74, 6) is 0.159. The van der Waals surface area contributed by atoms with Gasteiger partial charge in [-0.3, -0.25) is 4.79 Å². The van der Waals surface area contributed by atoms with Crippen molar-refractivity contribution in [2.75, 3.05) is 12.3 Å². The number of nitrogens with two attached hydrogens (primary N) is 1. The molecule has 5 rings (SSSR count). The minimum atomic E-state index is -0.562. The number of hydrogen-bond acceptors (Lipinski definition) is 9. The molecule has 5 aromatic rings. The summed E-state index contributed by atoms with van der Waals surface area (Å²) in [7, 11) is 0. The van der Waals surface area contributed by atoms with Crippen molar-refractivity contribution in [2.45, 2.75) is 13.8 Å². The van der Waals surface area contributed by atoms with Crippen molar-refractivity contribution < 1.29 is 14.2 Å². The Morgan fingerprint density at radius 2 is 1.92 bits per heavy atom. The van der Waals surface area contributed by atoms with Crippen LogP contribution in [0, 0.1) is 0 Å². The van der Waals surface area contributed by atoms with Crippen LogP contribution in [0.3, 0.4) is 0 Å². The van der Waals surface area contributed by atoms with E-state index in [1.807, 2.05) is 62.4 Å². The summed E-state index contributed by atoms with van der Waals surface area (Å²) in [6.07, 6.45) is 0. The molecule has 1 amide bonds. The smallest absolute Gasteiger partial charge is 0.294 e. The van der Waals surface area contributed by atoms with Gasteiger partial charge in [0.15, 0.2) is 5.69 Å². The normalized spacial score (nSPS) is 11.6. The number of aromatic nitrogens is 5. The highest BCUT2D eigenvalue weighted by Gasteiger charge is 2.25. The highest BCUT2D eigenvalue weighted by atomic mass is 16.6. The van der Waals surface area contributed by atoms with Gasteiger partial charge in [0, 0.05) is 5.56 Å². The predicted octanol–water partition coefficient (Wildman–Crippen LogP) is 3.61. The Labute approximate surface area is 205 Å². The molecule has 0 bridgehead atoms. The molecule has 3 aromatic carbocycles. The summed E-state index contributed by atoms with van der Waals surface area (Å²) in [4.78, 5) is 13.2. The molecule has 0 saturated heterocycles. The van der Waals surface area contributed by atoms with Crippen molar-refractivity contribution in [1.29, 1.82) is 0 Å². The number of amides is 1. The highest BCUT2D eigenvalue weighted by molar-refractivity contribution is 6.04. The molecule has 180 valence electrons. The zero-order valence-electron chi connectivity index (χ0n) is 19.5. The first-order valence-corrected chi connectivity index (χ1v) is 11.2. The molecule has 0 unspecified atom stereocenters. The maximum absolute atomic E-state index is 13.2. The second-order valence-corrected chi connectivity index (χ2v) is 7.83. The largest absolute Gasteiger partial charge is 0.494 e. The number of nitrogens with zero attached hydrogens (tertiary/aromatic N) is 6. The fourth-order valence-corrected chi connectivity index (χ4v) is 3.75. The monoisotopic (exact) mass is 482 g/mol. The second-order valence-electron chi connectivity index (χ2n) is 7.83. The van der Waals surface area contributed by atoms with Crippen molar-refractivity contribution in [1.82, 2.24) is 30.7 Å². The minimum Gasteiger partial charge on any atom is -0.494 e. The lowest BCUT2D eigenvalue weighted by molar-refractivity contribution is 0.0950. The number of carbonyl (C=O) groups is 1. The van der Waals surface area contributed by atoms with Gasteiger partial charge in [-0.05, 0) is 58.7 Å². The van der Waals surface area contributed by atoms with Gasteiger partial charge >= 0.3 is 0 Å². The Kier molecular flexibility index (Phi) is 6.10. The van der Waals surface area contributed by atoms with Crippen molar-refractivity contribution in [3.63, 3.8) is 0 Å². The van der Waals surface area contributed by atoms with Crippen LogP contribution in [0.25, 0.3) is 27.8 Å². The molecule has 0 radical (unpaired) electrons. The SMILES string of the molecule is CCOc1cccc(-c2c(C(=O)NN=C(C)c3ccc4ccccc4c3)nnn2-c2nonc2N)c1. The Morgan fingerprint density at radius 1 is 1.08 bits per heavy atom. The van der Waals surface area contributed by atoms with Crippen LogP contribution in [0.1, 0.15) is 29.9 Å². The number of carbonyl (C=O) groups excluding carboxylic acids is 1. The van der Waals surface area contributed by atoms with Crippen molar-refractivity contribution >= 4 is 28.2 Å². The van der Waals surface area contributed by atoms with Crippen molar-refractivity contribution in [3.05, 3.63) is 78.0 Å². The first kappa shape index (κ1) is 22.7. The molecule has 11 heteroatoms. The van der Waals surface area contributed by atoms with Crippen LogP contribution in [-0.4, -0.2) is 43.5 Å². The van der Waals surface area contributed by atoms with Gasteiger partial charge in [0.1, 0.15) is 11.4 Å². The zero-order valence-corrected chi connectivity index (χ0v) is 19.5. The number of hydrogen-bond donors (Lipinski definition) is 2. The molecule has 2 aromatic heterocycles. The fraction of sp³-hybridized carbons (Fsp3) is 0.120. The van der Waals surface area contributed by atoms with Crippen molar-refractivity contribution in [3.8, 4) is 22.8 Å². The summed E-state index contributed by atoms with van der Waals surface area (Å²) in [6.45, 7) is 4.18. The second kappa shape index (κ2) is 9.66. The average Bonchev–Trinajstić information content (AvgIpc) is 3.53. The Bertz CT molecular complexity index is 1590. The number of nitrogens with one attached hydrogen (secondary N) is 1. The van der Waals surface area contributed by atoms with Crippen LogP contribution < -0.4 is 15.9 Å². The number of fused-ring (bicyclic) bond motifs is 1. The molecular formula is C25H22N8O3. The Morgan fingerprint density at radius 3 is 2.69 bits per heavy atom. The number of rotatable bonds is 7. The van der Waals surface area contributed by atoms with Gasteiger partial charge in [-0.15, -0.1) is 5.10 Å². The van der Waals surface area contributed by atoms with Gasteiger partial charge in [-0.1, -0.05) is 53.7 Å². The molecule has 36 heavy (non-hydrogen) atoms. The fourth-order valence-electron chi connectivity index (χ4n) is 3.75. The third kappa shape index (κ3) is 4.37. The standard InChI is InChI=1S/C25H22N8O3/c1-3-35-20-10-6-9-19(14-20)22-21(28-32-33(22)24-23(26)30-36-31-24)25(34)29-27-15(2)17-12-11-16-7-4-5-8-18(16)13-17/h4-14H,3H2,1-2H3,(H2,26,30)(H,29,34). The molecular weight excluding hydrogens is 460 g/mol. The molecule has 11 nitrogen and oxygen atoms in total. The van der Waals surface area contributed by atoms with Crippen LogP contribution in [0.4, 0.5) is 5.82 Å². The lowest BCUT2D eigenvalue weighted by Gasteiger charge is -2.09. The third-order valence-electron chi connectivity index (χ3n) is 5.49. The average molecular weight is 483 g/mol. The topological polar surface area (TPSA) is 146 Å². The van der Waals surface area contributed by atoms with Gasteiger partial charge in [0.25, 0.3) is 5.91 Å². The molecule has 0 aliphatic rings. The number of hydrazone groups is 1. The number of anilines is 1. The van der Waals surface area contributed by atoms with Gasteiger partial charge in [0.2, 0.25) is 11.6 Å². The maximum atomic E-state index is 13.2. The minimum absolute atomic E-state index is 0.000703. The van der Waals surface area contributed by atoms with Crippen LogP contribution in [0.15, 0.2) is 76.5 Å². The van der Waals surface area contributed by atoms with E-state index in [1.165, 1.54) is 4.68 Å². The van der Waals surface area contributed by atoms with E-state index in [-0.39, 0.29) is 17.3 Å². The van der Waals surface area contributed by atoms with E-state index in [0.717, 1.165) is 16.3 Å². The Hall–Kier alpha value is -5.06. The number of benzene rings is 3. The third-order valence-corrected chi connectivity index (χ3v) is 5.49. The van der Waals surface area contributed by atoms with E-state index < -0.39 is 5.91 Å². The lowest BCUT2D eigenvalue weighted by atomic mass is 10.0. The van der Waals surface area contributed by atoms with E-state index in [1.54, 1.807) is 18.2 Å². The summed E-state index contributed by atoms with van der Waals surface area (Å²) in [6, 6.07) is 21.2.